The smallest absolute Gasteiger partial charge is 0.270 e. The maximum absolute atomic E-state index is 12.3. The van der Waals surface area contributed by atoms with Gasteiger partial charge in [-0.3, -0.25) is 4.79 Å². The average Bonchev–Trinajstić information content (AvgIpc) is 2.75. The van der Waals surface area contributed by atoms with E-state index in [-0.39, 0.29) is 18.0 Å². The Hall–Kier alpha value is -0.810. The number of H-pyrrole nitrogens is 1. The fourth-order valence-electron chi connectivity index (χ4n) is 2.40. The van der Waals surface area contributed by atoms with E-state index in [2.05, 4.69) is 20.9 Å². The van der Waals surface area contributed by atoms with Gasteiger partial charge >= 0.3 is 0 Å². The van der Waals surface area contributed by atoms with E-state index in [0.717, 1.165) is 30.3 Å². The number of hydrogen-bond donors (Lipinski definition) is 2. The molecule has 17 heavy (non-hydrogen) atoms. The molecule has 0 aliphatic carbocycles. The lowest BCUT2D eigenvalue weighted by Crippen LogP contribution is -2.51. The summed E-state index contributed by atoms with van der Waals surface area (Å²) in [7, 11) is 0. The van der Waals surface area contributed by atoms with E-state index in [4.69, 9.17) is 5.73 Å². The van der Waals surface area contributed by atoms with Crippen LogP contribution in [0.25, 0.3) is 0 Å². The third kappa shape index (κ3) is 2.72. The maximum Gasteiger partial charge on any atom is 0.270 e. The van der Waals surface area contributed by atoms with E-state index in [0.29, 0.717) is 5.69 Å². The summed E-state index contributed by atoms with van der Waals surface area (Å²) in [6.07, 6.45) is 5.00. The van der Waals surface area contributed by atoms with Gasteiger partial charge in [0, 0.05) is 29.3 Å². The molecule has 2 unspecified atom stereocenters. The van der Waals surface area contributed by atoms with Gasteiger partial charge in [-0.05, 0) is 48.2 Å². The first kappa shape index (κ1) is 12.6. The highest BCUT2D eigenvalue weighted by Crippen LogP contribution is 2.22. The summed E-state index contributed by atoms with van der Waals surface area (Å²) in [5.41, 5.74) is 6.59. The summed E-state index contributed by atoms with van der Waals surface area (Å²) in [4.78, 5) is 17.2. The molecule has 94 valence electrons. The molecule has 1 aromatic rings. The predicted octanol–water partition coefficient (Wildman–Crippen LogP) is 2.12. The number of nitrogens with one attached hydrogen (secondary N) is 1. The van der Waals surface area contributed by atoms with Gasteiger partial charge in [0.1, 0.15) is 5.69 Å². The predicted molar refractivity (Wildman–Crippen MR) is 70.8 cm³/mol. The molecule has 1 saturated heterocycles. The van der Waals surface area contributed by atoms with Gasteiger partial charge in [-0.1, -0.05) is 0 Å². The van der Waals surface area contributed by atoms with Gasteiger partial charge in [0.25, 0.3) is 5.91 Å². The summed E-state index contributed by atoms with van der Waals surface area (Å²) in [6, 6.07) is 2.01. The molecule has 2 atom stereocenters. The first-order valence-electron chi connectivity index (χ1n) is 6.00. The van der Waals surface area contributed by atoms with Crippen molar-refractivity contribution in [2.45, 2.75) is 38.3 Å². The SMILES string of the molecule is CC(N)C1CCCCN1C(=O)c1cc(Br)c[nH]1. The highest BCUT2D eigenvalue weighted by Gasteiger charge is 2.30. The summed E-state index contributed by atoms with van der Waals surface area (Å²) in [6.45, 7) is 2.78. The number of aromatic nitrogens is 1. The maximum atomic E-state index is 12.3. The molecule has 1 aliphatic heterocycles. The minimum atomic E-state index is 0.0256. The molecule has 1 amide bonds. The van der Waals surface area contributed by atoms with Crippen LogP contribution >= 0.6 is 15.9 Å². The number of aromatic amines is 1. The Labute approximate surface area is 110 Å². The first-order valence-corrected chi connectivity index (χ1v) is 6.79. The number of hydrogen-bond acceptors (Lipinski definition) is 2. The van der Waals surface area contributed by atoms with Crippen LogP contribution in [0.2, 0.25) is 0 Å². The van der Waals surface area contributed by atoms with Gasteiger partial charge in [0.15, 0.2) is 0 Å². The molecule has 3 N–H and O–H groups in total. The van der Waals surface area contributed by atoms with Crippen molar-refractivity contribution >= 4 is 21.8 Å². The number of nitrogens with two attached hydrogens (primary N) is 1. The number of halogens is 1. The zero-order valence-corrected chi connectivity index (χ0v) is 11.5. The number of piperidine rings is 1. The van der Waals surface area contributed by atoms with Crippen molar-refractivity contribution in [1.82, 2.24) is 9.88 Å². The van der Waals surface area contributed by atoms with Crippen LogP contribution in [0.4, 0.5) is 0 Å². The molecule has 1 aliphatic rings. The van der Waals surface area contributed by atoms with Crippen molar-refractivity contribution in [1.29, 1.82) is 0 Å². The number of nitrogens with zero attached hydrogens (tertiary/aromatic N) is 1. The van der Waals surface area contributed by atoms with Gasteiger partial charge in [-0.25, -0.2) is 0 Å². The molecule has 0 saturated carbocycles. The molecular formula is C12H18BrN3O. The molecule has 1 aromatic heterocycles. The molecular weight excluding hydrogens is 282 g/mol. The monoisotopic (exact) mass is 299 g/mol. The third-order valence-electron chi connectivity index (χ3n) is 3.30. The lowest BCUT2D eigenvalue weighted by atomic mass is 9.96. The van der Waals surface area contributed by atoms with Crippen LogP contribution in [0.15, 0.2) is 16.7 Å². The number of likely N-dealkylation sites (tertiary alicyclic amines) is 1. The Balaban J connectivity index is 2.16. The standard InChI is InChI=1S/C12H18BrN3O/c1-8(14)11-4-2-3-5-16(11)12(17)10-6-9(13)7-15-10/h6-8,11,15H,2-5,14H2,1H3. The largest absolute Gasteiger partial charge is 0.356 e. The van der Waals surface area contributed by atoms with Crippen molar-refractivity contribution in [2.75, 3.05) is 6.54 Å². The molecule has 0 radical (unpaired) electrons. The molecule has 2 rings (SSSR count). The molecule has 0 bridgehead atoms. The van der Waals surface area contributed by atoms with Crippen molar-refractivity contribution in [3.63, 3.8) is 0 Å². The lowest BCUT2D eigenvalue weighted by molar-refractivity contribution is 0.0578. The number of amides is 1. The highest BCUT2D eigenvalue weighted by molar-refractivity contribution is 9.10. The van der Waals surface area contributed by atoms with Crippen molar-refractivity contribution < 1.29 is 4.79 Å². The Morgan fingerprint density at radius 2 is 2.41 bits per heavy atom. The number of carbonyl (C=O) groups is 1. The molecule has 0 spiro atoms. The minimum Gasteiger partial charge on any atom is -0.356 e. The Morgan fingerprint density at radius 3 is 3.00 bits per heavy atom. The molecule has 5 heteroatoms. The quantitative estimate of drug-likeness (QED) is 0.879. The fourth-order valence-corrected chi connectivity index (χ4v) is 2.75. The van der Waals surface area contributed by atoms with Crippen LogP contribution in [0.3, 0.4) is 0 Å². The van der Waals surface area contributed by atoms with E-state index < -0.39 is 0 Å². The van der Waals surface area contributed by atoms with E-state index in [1.54, 1.807) is 6.20 Å². The van der Waals surface area contributed by atoms with Crippen molar-refractivity contribution in [2.24, 2.45) is 5.73 Å². The summed E-state index contributed by atoms with van der Waals surface area (Å²) in [5, 5.41) is 0. The zero-order valence-electron chi connectivity index (χ0n) is 9.95. The fraction of sp³-hybridized carbons (Fsp3) is 0.583. The lowest BCUT2D eigenvalue weighted by Gasteiger charge is -2.37. The van der Waals surface area contributed by atoms with Crippen LogP contribution < -0.4 is 5.73 Å². The van der Waals surface area contributed by atoms with Crippen LogP contribution in [0, 0.1) is 0 Å². The molecule has 0 aromatic carbocycles. The van der Waals surface area contributed by atoms with Gasteiger partial charge in [0.2, 0.25) is 0 Å². The van der Waals surface area contributed by atoms with E-state index in [1.807, 2.05) is 17.9 Å². The molecule has 4 nitrogen and oxygen atoms in total. The summed E-state index contributed by atoms with van der Waals surface area (Å²) >= 11 is 3.34. The van der Waals surface area contributed by atoms with Crippen LogP contribution in [-0.4, -0.2) is 34.4 Å². The first-order chi connectivity index (χ1) is 8.09. The number of carbonyl (C=O) groups excluding carboxylic acids is 1. The Bertz CT molecular complexity index is 402. The zero-order chi connectivity index (χ0) is 12.4. The van der Waals surface area contributed by atoms with Crippen LogP contribution in [0.5, 0.6) is 0 Å². The van der Waals surface area contributed by atoms with E-state index in [1.165, 1.54) is 0 Å². The van der Waals surface area contributed by atoms with Crippen molar-refractivity contribution in [3.8, 4) is 0 Å². The number of rotatable bonds is 2. The van der Waals surface area contributed by atoms with Gasteiger partial charge < -0.3 is 15.6 Å². The van der Waals surface area contributed by atoms with E-state index in [9.17, 15) is 4.79 Å². The summed E-state index contributed by atoms with van der Waals surface area (Å²) in [5.74, 6) is 0.0534. The summed E-state index contributed by atoms with van der Waals surface area (Å²) < 4.78 is 0.898. The molecule has 2 heterocycles. The molecule has 1 fully saturated rings. The second-order valence-electron chi connectivity index (χ2n) is 4.65. The van der Waals surface area contributed by atoms with Crippen LogP contribution in [0.1, 0.15) is 36.7 Å². The van der Waals surface area contributed by atoms with Crippen LogP contribution in [-0.2, 0) is 0 Å². The van der Waals surface area contributed by atoms with Crippen molar-refractivity contribution in [3.05, 3.63) is 22.4 Å². The van der Waals surface area contributed by atoms with Gasteiger partial charge in [0.05, 0.1) is 0 Å². The Kier molecular flexibility index (Phi) is 3.89. The highest BCUT2D eigenvalue weighted by atomic mass is 79.9. The average molecular weight is 300 g/mol. The second kappa shape index (κ2) is 5.23. The Morgan fingerprint density at radius 1 is 1.65 bits per heavy atom. The third-order valence-corrected chi connectivity index (χ3v) is 3.75. The second-order valence-corrected chi connectivity index (χ2v) is 5.57. The topological polar surface area (TPSA) is 62.1 Å². The van der Waals surface area contributed by atoms with E-state index >= 15 is 0 Å². The van der Waals surface area contributed by atoms with Gasteiger partial charge in [-0.15, -0.1) is 0 Å². The minimum absolute atomic E-state index is 0.0256. The normalized spacial score (nSPS) is 22.5. The van der Waals surface area contributed by atoms with Gasteiger partial charge in [-0.2, -0.15) is 0 Å².